The third kappa shape index (κ3) is 5.74. The average Bonchev–Trinajstić information content (AvgIpc) is 3.01. The molecule has 1 amide bonds. The summed E-state index contributed by atoms with van der Waals surface area (Å²) < 4.78 is 6.26. The third-order valence-electron chi connectivity index (χ3n) is 6.57. The van der Waals surface area contributed by atoms with E-state index in [1.807, 2.05) is 20.8 Å². The molecule has 2 aromatic carbocycles. The number of hydrogen-bond acceptors (Lipinski definition) is 2. The number of hydrogen-bond donors (Lipinski definition) is 1. The summed E-state index contributed by atoms with van der Waals surface area (Å²) in [5, 5.41) is 3.23. The molecule has 3 rings (SSSR count). The number of anilines is 1. The maximum atomic E-state index is 13.3. The molecule has 0 aromatic heterocycles. The van der Waals surface area contributed by atoms with Gasteiger partial charge in [-0.25, -0.2) is 0 Å². The molecule has 3 nitrogen and oxygen atoms in total. The first-order chi connectivity index (χ1) is 14.9. The van der Waals surface area contributed by atoms with Crippen LogP contribution in [0.3, 0.4) is 0 Å². The second kappa shape index (κ2) is 9.29. The van der Waals surface area contributed by atoms with Crippen LogP contribution in [0, 0.1) is 25.2 Å². The summed E-state index contributed by atoms with van der Waals surface area (Å²) >= 11 is 0. The predicted octanol–water partition coefficient (Wildman–Crippen LogP) is 7.20. The average molecular weight is 436 g/mol. The molecule has 0 radical (unpaired) electrons. The van der Waals surface area contributed by atoms with E-state index in [9.17, 15) is 4.79 Å². The van der Waals surface area contributed by atoms with Crippen molar-refractivity contribution in [2.45, 2.75) is 93.1 Å². The van der Waals surface area contributed by atoms with Crippen LogP contribution in [-0.2, 0) is 24.1 Å². The Hall–Kier alpha value is -2.29. The van der Waals surface area contributed by atoms with Crippen LogP contribution in [0.15, 0.2) is 30.3 Å². The minimum absolute atomic E-state index is 0.0623. The molecule has 1 aliphatic rings. The summed E-state index contributed by atoms with van der Waals surface area (Å²) in [4.78, 5) is 13.3. The monoisotopic (exact) mass is 435 g/mol. The maximum absolute atomic E-state index is 13.3. The molecule has 0 bridgehead atoms. The van der Waals surface area contributed by atoms with Crippen molar-refractivity contribution in [2.24, 2.45) is 11.3 Å². The molecule has 0 spiro atoms. The molecule has 32 heavy (non-hydrogen) atoms. The summed E-state index contributed by atoms with van der Waals surface area (Å²) in [6, 6.07) is 11.1. The third-order valence-corrected chi connectivity index (χ3v) is 6.57. The van der Waals surface area contributed by atoms with Crippen molar-refractivity contribution < 1.29 is 9.53 Å². The van der Waals surface area contributed by atoms with Crippen LogP contribution in [0.25, 0.3) is 0 Å². The van der Waals surface area contributed by atoms with Gasteiger partial charge in [-0.3, -0.25) is 4.79 Å². The Morgan fingerprint density at radius 1 is 1.09 bits per heavy atom. The van der Waals surface area contributed by atoms with E-state index in [1.54, 1.807) is 0 Å². The molecular formula is C29H41NO2. The number of nitrogens with one attached hydrogen (secondary N) is 1. The molecule has 0 fully saturated rings. The molecule has 0 saturated carbocycles. The van der Waals surface area contributed by atoms with Crippen LogP contribution in [0.1, 0.15) is 82.2 Å². The van der Waals surface area contributed by atoms with Gasteiger partial charge in [-0.2, -0.15) is 0 Å². The first-order valence-electron chi connectivity index (χ1n) is 12.1. The highest BCUT2D eigenvalue weighted by Crippen LogP contribution is 2.44. The number of ether oxygens (including phenoxy) is 1. The van der Waals surface area contributed by atoms with Gasteiger partial charge in [0.15, 0.2) is 0 Å². The zero-order chi connectivity index (χ0) is 23.7. The molecule has 0 atom stereocenters. The highest BCUT2D eigenvalue weighted by molar-refractivity contribution is 5.97. The lowest BCUT2D eigenvalue weighted by molar-refractivity contribution is -0.124. The number of carbonyl (C=O) groups excluding carboxylic acids is 1. The molecule has 0 aliphatic carbocycles. The van der Waals surface area contributed by atoms with E-state index >= 15 is 0 Å². The summed E-state index contributed by atoms with van der Waals surface area (Å²) in [6.45, 7) is 17.0. The van der Waals surface area contributed by atoms with Crippen molar-refractivity contribution in [2.75, 3.05) is 5.32 Å². The maximum Gasteiger partial charge on any atom is 0.230 e. The largest absolute Gasteiger partial charge is 0.485 e. The van der Waals surface area contributed by atoms with Crippen LogP contribution in [0.4, 0.5) is 5.69 Å². The van der Waals surface area contributed by atoms with Crippen LogP contribution in [-0.4, -0.2) is 11.5 Å². The Morgan fingerprint density at radius 3 is 2.34 bits per heavy atom. The molecule has 174 valence electrons. The number of aryl methyl sites for hydroxylation is 3. The lowest BCUT2D eigenvalue weighted by Crippen LogP contribution is -2.31. The highest BCUT2D eigenvalue weighted by atomic mass is 16.5. The summed E-state index contributed by atoms with van der Waals surface area (Å²) in [7, 11) is 0. The molecule has 0 unspecified atom stereocenters. The standard InChI is InChI=1S/C29H41NO2/c1-19(2)16-23-13-11-22(12-14-23)10-9-15-28(5,6)27(31)30-25-21(4)17-20(3)24-18-29(7,8)32-26(24)25/h11-14,17,19H,9-10,15-16,18H2,1-8H3,(H,30,31). The molecule has 2 aromatic rings. The van der Waals surface area contributed by atoms with Gasteiger partial charge >= 0.3 is 0 Å². The van der Waals surface area contributed by atoms with E-state index in [0.29, 0.717) is 5.92 Å². The van der Waals surface area contributed by atoms with Crippen LogP contribution >= 0.6 is 0 Å². The Kier molecular flexibility index (Phi) is 7.07. The van der Waals surface area contributed by atoms with Gasteiger partial charge in [-0.05, 0) is 81.5 Å². The molecular weight excluding hydrogens is 394 g/mol. The summed E-state index contributed by atoms with van der Waals surface area (Å²) in [5.74, 6) is 1.60. The van der Waals surface area contributed by atoms with Gasteiger partial charge in [0.25, 0.3) is 0 Å². The van der Waals surface area contributed by atoms with Gasteiger partial charge in [0.1, 0.15) is 11.4 Å². The topological polar surface area (TPSA) is 38.3 Å². The number of benzene rings is 2. The zero-order valence-corrected chi connectivity index (χ0v) is 21.3. The fraction of sp³-hybridized carbons (Fsp3) is 0.552. The van der Waals surface area contributed by atoms with Gasteiger partial charge in [-0.15, -0.1) is 0 Å². The molecule has 0 saturated heterocycles. The minimum Gasteiger partial charge on any atom is -0.485 e. The Balaban J connectivity index is 1.63. The van der Waals surface area contributed by atoms with Gasteiger partial charge in [0.2, 0.25) is 5.91 Å². The fourth-order valence-electron chi connectivity index (χ4n) is 4.66. The zero-order valence-electron chi connectivity index (χ0n) is 21.3. The van der Waals surface area contributed by atoms with E-state index in [0.717, 1.165) is 49.1 Å². The van der Waals surface area contributed by atoms with Gasteiger partial charge in [0.05, 0.1) is 5.69 Å². The molecule has 1 N–H and O–H groups in total. The van der Waals surface area contributed by atoms with Gasteiger partial charge in [0, 0.05) is 17.4 Å². The number of amides is 1. The normalized spacial score (nSPS) is 14.9. The number of fused-ring (bicyclic) bond motifs is 1. The Labute approximate surface area is 195 Å². The quantitative estimate of drug-likeness (QED) is 0.476. The van der Waals surface area contributed by atoms with Crippen LogP contribution in [0.2, 0.25) is 0 Å². The smallest absolute Gasteiger partial charge is 0.230 e. The van der Waals surface area contributed by atoms with Crippen molar-refractivity contribution >= 4 is 11.6 Å². The lowest BCUT2D eigenvalue weighted by atomic mass is 9.85. The van der Waals surface area contributed by atoms with Crippen molar-refractivity contribution in [3.8, 4) is 5.75 Å². The fourth-order valence-corrected chi connectivity index (χ4v) is 4.66. The van der Waals surface area contributed by atoms with Crippen LogP contribution in [0.5, 0.6) is 5.75 Å². The Morgan fingerprint density at radius 2 is 1.72 bits per heavy atom. The van der Waals surface area contributed by atoms with Gasteiger partial charge < -0.3 is 10.1 Å². The molecule has 1 heterocycles. The lowest BCUT2D eigenvalue weighted by Gasteiger charge is -2.25. The van der Waals surface area contributed by atoms with Crippen LogP contribution < -0.4 is 10.1 Å². The Bertz CT molecular complexity index is 968. The van der Waals surface area contributed by atoms with E-state index in [2.05, 4.69) is 70.3 Å². The molecule has 1 aliphatic heterocycles. The van der Waals surface area contributed by atoms with Gasteiger partial charge in [-0.1, -0.05) is 58.0 Å². The minimum atomic E-state index is -0.448. The second-order valence-corrected chi connectivity index (χ2v) is 11.3. The molecule has 3 heteroatoms. The van der Waals surface area contributed by atoms with Crippen molar-refractivity contribution in [1.82, 2.24) is 0 Å². The van der Waals surface area contributed by atoms with E-state index in [1.165, 1.54) is 22.3 Å². The first-order valence-corrected chi connectivity index (χ1v) is 12.1. The van der Waals surface area contributed by atoms with E-state index < -0.39 is 5.41 Å². The second-order valence-electron chi connectivity index (χ2n) is 11.3. The van der Waals surface area contributed by atoms with Crippen molar-refractivity contribution in [3.63, 3.8) is 0 Å². The summed E-state index contributed by atoms with van der Waals surface area (Å²) in [5.41, 5.74) is 6.41. The number of rotatable bonds is 8. The SMILES string of the molecule is Cc1cc(C)c(NC(=O)C(C)(C)CCCc2ccc(CC(C)C)cc2)c2c1CC(C)(C)O2. The van der Waals surface area contributed by atoms with Crippen molar-refractivity contribution in [1.29, 1.82) is 0 Å². The van der Waals surface area contributed by atoms with E-state index in [-0.39, 0.29) is 11.5 Å². The van der Waals surface area contributed by atoms with E-state index in [4.69, 9.17) is 4.74 Å². The number of carbonyl (C=O) groups is 1. The summed E-state index contributed by atoms with van der Waals surface area (Å²) in [6.07, 6.45) is 4.81. The predicted molar refractivity (Wildman–Crippen MR) is 135 cm³/mol. The highest BCUT2D eigenvalue weighted by Gasteiger charge is 2.35. The van der Waals surface area contributed by atoms with Crippen molar-refractivity contribution in [3.05, 3.63) is 58.1 Å². The first kappa shape index (κ1) is 24.4.